The van der Waals surface area contributed by atoms with Gasteiger partial charge in [0, 0.05) is 6.04 Å². The number of piperidine rings is 1. The summed E-state index contributed by atoms with van der Waals surface area (Å²) in [5.74, 6) is 0.512. The zero-order valence-electron chi connectivity index (χ0n) is 11.0. The highest BCUT2D eigenvalue weighted by atomic mass is 35.5. The molecule has 6 nitrogen and oxygen atoms in total. The molecule has 3 rings (SSSR count). The van der Waals surface area contributed by atoms with Crippen LogP contribution in [0.25, 0.3) is 0 Å². The van der Waals surface area contributed by atoms with Crippen molar-refractivity contribution in [2.24, 2.45) is 5.92 Å². The Hall–Kier alpha value is -1.14. The lowest BCUT2D eigenvalue weighted by Gasteiger charge is -2.22. The van der Waals surface area contributed by atoms with Gasteiger partial charge in [0.15, 0.2) is 5.69 Å². The molecule has 1 saturated carbocycles. The smallest absolute Gasteiger partial charge is 0.273 e. The van der Waals surface area contributed by atoms with Crippen LogP contribution in [0.1, 0.15) is 42.7 Å². The molecule has 2 atom stereocenters. The Morgan fingerprint density at radius 2 is 2.16 bits per heavy atom. The maximum absolute atomic E-state index is 11.9. The van der Waals surface area contributed by atoms with Crippen molar-refractivity contribution in [3.63, 3.8) is 0 Å². The lowest BCUT2D eigenvalue weighted by molar-refractivity contribution is 0.0944. The van der Waals surface area contributed by atoms with Gasteiger partial charge >= 0.3 is 0 Å². The third kappa shape index (κ3) is 3.25. The van der Waals surface area contributed by atoms with Crippen molar-refractivity contribution in [2.45, 2.75) is 38.3 Å². The molecular formula is C12H20ClN5O. The molecular weight excluding hydrogens is 266 g/mol. The number of amides is 1. The van der Waals surface area contributed by atoms with E-state index in [4.69, 9.17) is 0 Å². The third-order valence-corrected chi connectivity index (χ3v) is 3.85. The lowest BCUT2D eigenvalue weighted by Crippen LogP contribution is -2.29. The number of nitrogens with zero attached hydrogens (tertiary/aromatic N) is 3. The van der Waals surface area contributed by atoms with Crippen LogP contribution in [0.5, 0.6) is 0 Å². The molecule has 106 valence electrons. The molecule has 19 heavy (non-hydrogen) atoms. The predicted octanol–water partition coefficient (Wildman–Crippen LogP) is 0.763. The zero-order chi connectivity index (χ0) is 12.5. The molecule has 2 heterocycles. The van der Waals surface area contributed by atoms with Crippen LogP contribution in [-0.2, 0) is 0 Å². The molecule has 2 N–H and O–H groups in total. The number of carbonyl (C=O) groups is 1. The SMILES string of the molecule is CC1CC1NC(=O)c1cn(C2CCNCC2)nn1.Cl. The number of carbonyl (C=O) groups excluding carboxylic acids is 1. The van der Waals surface area contributed by atoms with E-state index in [0.717, 1.165) is 32.4 Å². The second-order valence-electron chi connectivity index (χ2n) is 5.36. The van der Waals surface area contributed by atoms with Gasteiger partial charge in [0.1, 0.15) is 0 Å². The average molecular weight is 286 g/mol. The van der Waals surface area contributed by atoms with Crippen LogP contribution in [0.15, 0.2) is 6.20 Å². The molecule has 7 heteroatoms. The summed E-state index contributed by atoms with van der Waals surface area (Å²) in [7, 11) is 0. The molecule has 0 spiro atoms. The van der Waals surface area contributed by atoms with E-state index in [1.807, 2.05) is 4.68 Å². The van der Waals surface area contributed by atoms with Gasteiger partial charge in [-0.05, 0) is 38.3 Å². The van der Waals surface area contributed by atoms with Crippen LogP contribution in [0.4, 0.5) is 0 Å². The largest absolute Gasteiger partial charge is 0.348 e. The monoisotopic (exact) mass is 285 g/mol. The Labute approximate surface area is 118 Å². The average Bonchev–Trinajstić information content (AvgIpc) is 2.92. The van der Waals surface area contributed by atoms with Crippen LogP contribution in [0.2, 0.25) is 0 Å². The van der Waals surface area contributed by atoms with Gasteiger partial charge in [-0.2, -0.15) is 0 Å². The van der Waals surface area contributed by atoms with Crippen LogP contribution >= 0.6 is 12.4 Å². The van der Waals surface area contributed by atoms with Gasteiger partial charge in [-0.15, -0.1) is 17.5 Å². The van der Waals surface area contributed by atoms with Gasteiger partial charge in [-0.25, -0.2) is 4.68 Å². The molecule has 1 aromatic rings. The minimum absolute atomic E-state index is 0. The second-order valence-corrected chi connectivity index (χ2v) is 5.36. The van der Waals surface area contributed by atoms with E-state index in [2.05, 4.69) is 27.9 Å². The van der Waals surface area contributed by atoms with Gasteiger partial charge in [0.25, 0.3) is 5.91 Å². The second kappa shape index (κ2) is 5.88. The summed E-state index contributed by atoms with van der Waals surface area (Å²) < 4.78 is 1.84. The predicted molar refractivity (Wildman–Crippen MR) is 73.4 cm³/mol. The van der Waals surface area contributed by atoms with E-state index in [9.17, 15) is 4.79 Å². The Balaban J connectivity index is 0.00000133. The van der Waals surface area contributed by atoms with Crippen LogP contribution in [0.3, 0.4) is 0 Å². The molecule has 1 aliphatic carbocycles. The van der Waals surface area contributed by atoms with E-state index >= 15 is 0 Å². The third-order valence-electron chi connectivity index (χ3n) is 3.85. The minimum Gasteiger partial charge on any atom is -0.348 e. The summed E-state index contributed by atoms with van der Waals surface area (Å²) in [6.45, 7) is 4.15. The van der Waals surface area contributed by atoms with E-state index in [-0.39, 0.29) is 18.3 Å². The number of rotatable bonds is 3. The first-order chi connectivity index (χ1) is 8.74. The Morgan fingerprint density at radius 1 is 1.47 bits per heavy atom. The van der Waals surface area contributed by atoms with Crippen molar-refractivity contribution in [1.29, 1.82) is 0 Å². The van der Waals surface area contributed by atoms with Crippen molar-refractivity contribution in [3.05, 3.63) is 11.9 Å². The molecule has 1 saturated heterocycles. The molecule has 2 unspecified atom stereocenters. The maximum atomic E-state index is 11.9. The van der Waals surface area contributed by atoms with E-state index < -0.39 is 0 Å². The van der Waals surface area contributed by atoms with E-state index in [1.165, 1.54) is 0 Å². The minimum atomic E-state index is -0.0930. The lowest BCUT2D eigenvalue weighted by atomic mass is 10.1. The first-order valence-corrected chi connectivity index (χ1v) is 6.67. The molecule has 1 aromatic heterocycles. The maximum Gasteiger partial charge on any atom is 0.273 e. The Kier molecular flexibility index (Phi) is 4.42. The summed E-state index contributed by atoms with van der Waals surface area (Å²) in [5.41, 5.74) is 0.438. The highest BCUT2D eigenvalue weighted by Gasteiger charge is 2.34. The summed E-state index contributed by atoms with van der Waals surface area (Å²) in [6, 6.07) is 0.710. The topological polar surface area (TPSA) is 71.8 Å². The number of hydrogen-bond acceptors (Lipinski definition) is 4. The van der Waals surface area contributed by atoms with Crippen molar-refractivity contribution in [2.75, 3.05) is 13.1 Å². The fourth-order valence-electron chi connectivity index (χ4n) is 2.40. The van der Waals surface area contributed by atoms with Gasteiger partial charge < -0.3 is 10.6 Å². The van der Waals surface area contributed by atoms with Crippen LogP contribution in [-0.4, -0.2) is 40.0 Å². The highest BCUT2D eigenvalue weighted by Crippen LogP contribution is 2.29. The molecule has 1 aliphatic heterocycles. The summed E-state index contributed by atoms with van der Waals surface area (Å²) in [5, 5.41) is 14.3. The zero-order valence-corrected chi connectivity index (χ0v) is 11.8. The van der Waals surface area contributed by atoms with Crippen molar-refractivity contribution in [1.82, 2.24) is 25.6 Å². The van der Waals surface area contributed by atoms with Gasteiger partial charge in [-0.1, -0.05) is 12.1 Å². The highest BCUT2D eigenvalue weighted by molar-refractivity contribution is 5.92. The van der Waals surface area contributed by atoms with Crippen molar-refractivity contribution in [3.8, 4) is 0 Å². The van der Waals surface area contributed by atoms with Gasteiger partial charge in [0.2, 0.25) is 0 Å². The number of halogens is 1. The van der Waals surface area contributed by atoms with Gasteiger partial charge in [-0.3, -0.25) is 4.79 Å². The van der Waals surface area contributed by atoms with Gasteiger partial charge in [0.05, 0.1) is 12.2 Å². The number of hydrogen-bond donors (Lipinski definition) is 2. The fraction of sp³-hybridized carbons (Fsp3) is 0.750. The van der Waals surface area contributed by atoms with Crippen LogP contribution < -0.4 is 10.6 Å². The first kappa shape index (κ1) is 14.3. The number of nitrogens with one attached hydrogen (secondary N) is 2. The Bertz CT molecular complexity index is 443. The van der Waals surface area contributed by atoms with Crippen LogP contribution in [0, 0.1) is 5.92 Å². The van der Waals surface area contributed by atoms with Crippen molar-refractivity contribution >= 4 is 18.3 Å². The standard InChI is InChI=1S/C12H19N5O.ClH/c1-8-6-10(8)14-12(18)11-7-17(16-15-11)9-2-4-13-5-3-9;/h7-10,13H,2-6H2,1H3,(H,14,18);1H. The van der Waals surface area contributed by atoms with E-state index in [0.29, 0.717) is 23.7 Å². The quantitative estimate of drug-likeness (QED) is 0.860. The summed E-state index contributed by atoms with van der Waals surface area (Å²) >= 11 is 0. The summed E-state index contributed by atoms with van der Waals surface area (Å²) in [6.07, 6.45) is 4.95. The molecule has 2 fully saturated rings. The molecule has 0 aromatic carbocycles. The first-order valence-electron chi connectivity index (χ1n) is 6.67. The Morgan fingerprint density at radius 3 is 2.79 bits per heavy atom. The van der Waals surface area contributed by atoms with Crippen molar-refractivity contribution < 1.29 is 4.79 Å². The normalized spacial score (nSPS) is 26.6. The molecule has 1 amide bonds. The molecule has 0 radical (unpaired) electrons. The molecule has 0 bridgehead atoms. The summed E-state index contributed by atoms with van der Waals surface area (Å²) in [4.78, 5) is 11.9. The number of aromatic nitrogens is 3. The van der Waals surface area contributed by atoms with E-state index in [1.54, 1.807) is 6.20 Å². The fourth-order valence-corrected chi connectivity index (χ4v) is 2.40. The molecule has 2 aliphatic rings.